The van der Waals surface area contributed by atoms with Crippen molar-refractivity contribution in [3.63, 3.8) is 0 Å². The van der Waals surface area contributed by atoms with Gasteiger partial charge < -0.3 is 25.1 Å². The van der Waals surface area contributed by atoms with E-state index in [1.54, 1.807) is 42.7 Å². The molecule has 150 valence electrons. The van der Waals surface area contributed by atoms with E-state index in [2.05, 4.69) is 20.9 Å². The van der Waals surface area contributed by atoms with Gasteiger partial charge in [0.05, 0.1) is 11.8 Å². The number of aromatic nitrogens is 2. The highest BCUT2D eigenvalue weighted by Crippen LogP contribution is 2.14. The summed E-state index contributed by atoms with van der Waals surface area (Å²) in [6, 6.07) is 10.0. The minimum Gasteiger partial charge on any atom is -0.376 e. The zero-order valence-electron chi connectivity index (χ0n) is 15.9. The van der Waals surface area contributed by atoms with Gasteiger partial charge in [0, 0.05) is 43.0 Å². The Morgan fingerprint density at radius 3 is 2.66 bits per heavy atom. The molecule has 29 heavy (non-hydrogen) atoms. The molecule has 1 saturated heterocycles. The Labute approximate surface area is 168 Å². The topological polar surface area (TPSA) is 96.8 Å². The lowest BCUT2D eigenvalue weighted by Crippen LogP contribution is -2.35. The van der Waals surface area contributed by atoms with E-state index in [1.165, 1.54) is 0 Å². The van der Waals surface area contributed by atoms with Gasteiger partial charge in [-0.2, -0.15) is 0 Å². The van der Waals surface area contributed by atoms with Crippen molar-refractivity contribution in [1.82, 2.24) is 14.7 Å². The molecule has 3 amide bonds. The van der Waals surface area contributed by atoms with Crippen molar-refractivity contribution < 1.29 is 14.3 Å². The van der Waals surface area contributed by atoms with E-state index in [-0.39, 0.29) is 18.0 Å². The van der Waals surface area contributed by atoms with Gasteiger partial charge in [0.1, 0.15) is 5.65 Å². The lowest BCUT2D eigenvalue weighted by atomic mass is 10.1. The van der Waals surface area contributed by atoms with Gasteiger partial charge in [0.25, 0.3) is 5.91 Å². The molecule has 0 aliphatic carbocycles. The third-order valence-corrected chi connectivity index (χ3v) is 4.82. The highest BCUT2D eigenvalue weighted by atomic mass is 16.5. The molecular weight excluding hydrogens is 370 g/mol. The quantitative estimate of drug-likeness (QED) is 0.620. The van der Waals surface area contributed by atoms with Crippen LogP contribution < -0.4 is 16.0 Å². The lowest BCUT2D eigenvalue weighted by Gasteiger charge is -2.22. The Hall–Kier alpha value is -3.39. The molecular formula is C21H23N5O3. The number of rotatable bonds is 5. The molecule has 4 rings (SSSR count). The number of amides is 3. The van der Waals surface area contributed by atoms with Crippen molar-refractivity contribution in [2.75, 3.05) is 23.8 Å². The summed E-state index contributed by atoms with van der Waals surface area (Å²) in [6.45, 7) is 1.28. The van der Waals surface area contributed by atoms with Crippen molar-refractivity contribution in [1.29, 1.82) is 0 Å². The van der Waals surface area contributed by atoms with Gasteiger partial charge in [-0.3, -0.25) is 4.79 Å². The number of urea groups is 1. The van der Waals surface area contributed by atoms with E-state index < -0.39 is 0 Å². The molecule has 3 N–H and O–H groups in total. The summed E-state index contributed by atoms with van der Waals surface area (Å²) in [5.74, 6) is -0.149. The first-order valence-corrected chi connectivity index (χ1v) is 9.68. The number of carbonyl (C=O) groups excluding carboxylic acids is 2. The molecule has 0 saturated carbocycles. The maximum absolute atomic E-state index is 12.3. The smallest absolute Gasteiger partial charge is 0.323 e. The van der Waals surface area contributed by atoms with Crippen LogP contribution in [0, 0.1) is 0 Å². The normalized spacial score (nSPS) is 16.3. The summed E-state index contributed by atoms with van der Waals surface area (Å²) in [5, 5.41) is 8.43. The van der Waals surface area contributed by atoms with Crippen molar-refractivity contribution in [2.24, 2.45) is 0 Å². The Bertz CT molecular complexity index is 993. The van der Waals surface area contributed by atoms with Crippen LogP contribution >= 0.6 is 0 Å². The van der Waals surface area contributed by atoms with Gasteiger partial charge in [-0.15, -0.1) is 0 Å². The Balaban J connectivity index is 1.28. The van der Waals surface area contributed by atoms with Crippen molar-refractivity contribution in [3.05, 3.63) is 60.6 Å². The monoisotopic (exact) mass is 393 g/mol. The van der Waals surface area contributed by atoms with E-state index >= 15 is 0 Å². The van der Waals surface area contributed by atoms with Gasteiger partial charge in [-0.25, -0.2) is 9.78 Å². The van der Waals surface area contributed by atoms with Crippen LogP contribution in [-0.2, 0) is 4.74 Å². The fraction of sp³-hybridized carbons (Fsp3) is 0.286. The zero-order valence-corrected chi connectivity index (χ0v) is 15.9. The van der Waals surface area contributed by atoms with Gasteiger partial charge >= 0.3 is 6.03 Å². The van der Waals surface area contributed by atoms with E-state index in [0.29, 0.717) is 23.5 Å². The fourth-order valence-electron chi connectivity index (χ4n) is 3.27. The molecule has 3 heterocycles. The number of hydrogen-bond donors (Lipinski definition) is 3. The summed E-state index contributed by atoms with van der Waals surface area (Å²) in [5.41, 5.74) is 2.59. The summed E-state index contributed by atoms with van der Waals surface area (Å²) >= 11 is 0. The van der Waals surface area contributed by atoms with Crippen LogP contribution in [0.25, 0.3) is 5.65 Å². The number of hydrogen-bond acceptors (Lipinski definition) is 4. The number of ether oxygens (including phenoxy) is 1. The van der Waals surface area contributed by atoms with Gasteiger partial charge in [-0.1, -0.05) is 0 Å². The number of imidazole rings is 1. The molecule has 1 aliphatic rings. The van der Waals surface area contributed by atoms with Crippen LogP contribution in [0.2, 0.25) is 0 Å². The molecule has 0 radical (unpaired) electrons. The molecule has 0 bridgehead atoms. The molecule has 3 aromatic rings. The molecule has 1 aliphatic heterocycles. The number of carbonyl (C=O) groups is 2. The number of benzene rings is 1. The average Bonchev–Trinajstić information content (AvgIpc) is 3.21. The van der Waals surface area contributed by atoms with Crippen molar-refractivity contribution in [2.45, 2.75) is 25.4 Å². The van der Waals surface area contributed by atoms with Crippen molar-refractivity contribution >= 4 is 29.0 Å². The van der Waals surface area contributed by atoms with Crippen molar-refractivity contribution in [3.8, 4) is 0 Å². The molecule has 1 aromatic carbocycles. The summed E-state index contributed by atoms with van der Waals surface area (Å²) in [4.78, 5) is 28.6. The first kappa shape index (κ1) is 18.9. The second-order valence-corrected chi connectivity index (χ2v) is 6.97. The first-order chi connectivity index (χ1) is 14.2. The molecule has 2 aromatic heterocycles. The average molecular weight is 393 g/mol. The van der Waals surface area contributed by atoms with Crippen LogP contribution in [0.4, 0.5) is 16.2 Å². The van der Waals surface area contributed by atoms with Crippen LogP contribution in [0.15, 0.2) is 55.0 Å². The van der Waals surface area contributed by atoms with Gasteiger partial charge in [0.15, 0.2) is 0 Å². The lowest BCUT2D eigenvalue weighted by molar-refractivity contribution is 0.0169. The molecule has 1 atom stereocenters. The van der Waals surface area contributed by atoms with Crippen LogP contribution in [-0.4, -0.2) is 40.6 Å². The number of nitrogens with zero attached hydrogens (tertiary/aromatic N) is 2. The molecule has 0 spiro atoms. The van der Waals surface area contributed by atoms with Gasteiger partial charge in [-0.05, 0) is 55.7 Å². The fourth-order valence-corrected chi connectivity index (χ4v) is 3.27. The van der Waals surface area contributed by atoms with E-state index in [1.807, 2.05) is 16.7 Å². The number of anilines is 2. The second kappa shape index (κ2) is 8.74. The molecule has 1 unspecified atom stereocenters. The maximum atomic E-state index is 12.3. The van der Waals surface area contributed by atoms with E-state index in [0.717, 1.165) is 31.5 Å². The van der Waals surface area contributed by atoms with Crippen LogP contribution in [0.3, 0.4) is 0 Å². The Morgan fingerprint density at radius 2 is 1.86 bits per heavy atom. The molecule has 1 fully saturated rings. The van der Waals surface area contributed by atoms with Crippen LogP contribution in [0.1, 0.15) is 29.6 Å². The summed E-state index contributed by atoms with van der Waals surface area (Å²) in [7, 11) is 0. The second-order valence-electron chi connectivity index (χ2n) is 6.97. The molecule has 8 heteroatoms. The number of nitrogens with one attached hydrogen (secondary N) is 3. The summed E-state index contributed by atoms with van der Waals surface area (Å²) in [6.07, 6.45) is 8.59. The predicted molar refractivity (Wildman–Crippen MR) is 110 cm³/mol. The maximum Gasteiger partial charge on any atom is 0.323 e. The highest BCUT2D eigenvalue weighted by molar-refractivity contribution is 6.00. The number of fused-ring (bicyclic) bond motifs is 1. The third kappa shape index (κ3) is 4.91. The SMILES string of the molecule is O=C(Nc1ccc(C(=O)NCC2CCCCO2)cc1)Nc1ccc2nccn2c1. The molecule has 8 nitrogen and oxygen atoms in total. The van der Waals surface area contributed by atoms with Crippen LogP contribution in [0.5, 0.6) is 0 Å². The predicted octanol–water partition coefficient (Wildman–Crippen LogP) is 3.28. The third-order valence-electron chi connectivity index (χ3n) is 4.82. The zero-order chi connectivity index (χ0) is 20.1. The summed E-state index contributed by atoms with van der Waals surface area (Å²) < 4.78 is 7.44. The number of pyridine rings is 1. The Morgan fingerprint density at radius 1 is 1.07 bits per heavy atom. The Kier molecular flexibility index (Phi) is 5.71. The standard InChI is InChI=1S/C21H23N5O3/c27-20(23-13-18-3-1-2-12-29-18)15-4-6-16(7-5-15)24-21(28)25-17-8-9-19-22-10-11-26(19)14-17/h4-11,14,18H,1-3,12-13H2,(H,23,27)(H2,24,25,28). The minimum absolute atomic E-state index is 0.0962. The first-order valence-electron chi connectivity index (χ1n) is 9.68. The van der Waals surface area contributed by atoms with Gasteiger partial charge in [0.2, 0.25) is 0 Å². The van der Waals surface area contributed by atoms with E-state index in [4.69, 9.17) is 4.74 Å². The largest absolute Gasteiger partial charge is 0.376 e. The minimum atomic E-state index is -0.365. The highest BCUT2D eigenvalue weighted by Gasteiger charge is 2.15. The van der Waals surface area contributed by atoms with E-state index in [9.17, 15) is 9.59 Å².